The van der Waals surface area contributed by atoms with Gasteiger partial charge in [-0.25, -0.2) is 4.90 Å². The Labute approximate surface area is 194 Å². The first kappa shape index (κ1) is 20.1. The Balaban J connectivity index is 1.63. The Hall–Kier alpha value is -3.51. The lowest BCUT2D eigenvalue weighted by Gasteiger charge is -2.54. The van der Waals surface area contributed by atoms with Gasteiger partial charge in [-0.1, -0.05) is 67.1 Å². The van der Waals surface area contributed by atoms with Crippen molar-refractivity contribution in [2.75, 3.05) is 4.90 Å². The van der Waals surface area contributed by atoms with Gasteiger partial charge in [-0.3, -0.25) is 19.7 Å². The fourth-order valence-electron chi connectivity index (χ4n) is 6.60. The molecular weight excluding hydrogens is 440 g/mol. The summed E-state index contributed by atoms with van der Waals surface area (Å²) in [6, 6.07) is 20.1. The molecule has 1 aliphatic heterocycles. The number of hydrogen-bond donors (Lipinski definition) is 0. The van der Waals surface area contributed by atoms with Crippen LogP contribution in [0, 0.1) is 22.0 Å². The Morgan fingerprint density at radius 1 is 0.970 bits per heavy atom. The Kier molecular flexibility index (Phi) is 4.11. The van der Waals surface area contributed by atoms with Crippen LogP contribution in [0.3, 0.4) is 0 Å². The van der Waals surface area contributed by atoms with Gasteiger partial charge in [-0.2, -0.15) is 0 Å². The SMILES string of the molecule is CCC12c3ccccc3C(c3ccccc31)[C@H]1C(=O)N(c3ccc(Cl)cc3[N+](=O)[O-])C(=O)[C@@H]12. The Bertz CT molecular complexity index is 1340. The number of nitro benzene ring substituents is 1. The molecule has 0 saturated carbocycles. The van der Waals surface area contributed by atoms with E-state index in [1.54, 1.807) is 0 Å². The number of nitro groups is 1. The van der Waals surface area contributed by atoms with Gasteiger partial charge in [0, 0.05) is 22.4 Å². The van der Waals surface area contributed by atoms with Crippen molar-refractivity contribution < 1.29 is 14.5 Å². The van der Waals surface area contributed by atoms with E-state index in [0.717, 1.165) is 27.2 Å². The third-order valence-corrected chi connectivity index (χ3v) is 7.96. The van der Waals surface area contributed by atoms with Gasteiger partial charge in [-0.15, -0.1) is 0 Å². The van der Waals surface area contributed by atoms with E-state index in [9.17, 15) is 19.7 Å². The molecule has 2 atom stereocenters. The minimum absolute atomic E-state index is 0.0208. The summed E-state index contributed by atoms with van der Waals surface area (Å²) in [6.45, 7) is 2.04. The molecule has 33 heavy (non-hydrogen) atoms. The van der Waals surface area contributed by atoms with Crippen LogP contribution in [0.25, 0.3) is 0 Å². The quantitative estimate of drug-likeness (QED) is 0.306. The van der Waals surface area contributed by atoms with Crippen LogP contribution in [0.1, 0.15) is 41.5 Å². The fraction of sp³-hybridized carbons (Fsp3) is 0.231. The second-order valence-electron chi connectivity index (χ2n) is 8.88. The van der Waals surface area contributed by atoms with Gasteiger partial charge in [0.2, 0.25) is 11.8 Å². The summed E-state index contributed by atoms with van der Waals surface area (Å²) in [7, 11) is 0. The molecule has 1 saturated heterocycles. The van der Waals surface area contributed by atoms with Crippen molar-refractivity contribution >= 4 is 34.8 Å². The first-order valence-electron chi connectivity index (χ1n) is 10.9. The second kappa shape index (κ2) is 6.75. The minimum atomic E-state index is -0.671. The van der Waals surface area contributed by atoms with Crippen molar-refractivity contribution in [3.05, 3.63) is 104 Å². The highest BCUT2D eigenvalue weighted by molar-refractivity contribution is 6.31. The summed E-state index contributed by atoms with van der Waals surface area (Å²) in [5, 5.41) is 11.9. The smallest absolute Gasteiger partial charge is 0.274 e. The van der Waals surface area contributed by atoms with Gasteiger partial charge in [0.05, 0.1) is 16.8 Å². The van der Waals surface area contributed by atoms with Crippen LogP contribution in [-0.4, -0.2) is 16.7 Å². The lowest BCUT2D eigenvalue weighted by Crippen LogP contribution is -2.53. The highest BCUT2D eigenvalue weighted by Crippen LogP contribution is 2.65. The van der Waals surface area contributed by atoms with E-state index in [1.165, 1.54) is 18.2 Å². The largest absolute Gasteiger partial charge is 0.294 e. The van der Waals surface area contributed by atoms with Gasteiger partial charge >= 0.3 is 0 Å². The normalized spacial score (nSPS) is 26.7. The monoisotopic (exact) mass is 458 g/mol. The molecule has 3 aromatic carbocycles. The molecule has 1 heterocycles. The van der Waals surface area contributed by atoms with E-state index in [2.05, 4.69) is 12.1 Å². The topological polar surface area (TPSA) is 80.5 Å². The average molecular weight is 459 g/mol. The second-order valence-corrected chi connectivity index (χ2v) is 9.32. The van der Waals surface area contributed by atoms with Gasteiger partial charge in [0.15, 0.2) is 0 Å². The highest BCUT2D eigenvalue weighted by Gasteiger charge is 2.67. The molecule has 0 radical (unpaired) electrons. The summed E-state index contributed by atoms with van der Waals surface area (Å²) in [6.07, 6.45) is 0.629. The lowest BCUT2D eigenvalue weighted by atomic mass is 9.46. The van der Waals surface area contributed by atoms with E-state index in [1.807, 2.05) is 43.3 Å². The van der Waals surface area contributed by atoms with Crippen LogP contribution in [0.15, 0.2) is 66.7 Å². The van der Waals surface area contributed by atoms with Crippen LogP contribution < -0.4 is 4.90 Å². The summed E-state index contributed by atoms with van der Waals surface area (Å²) < 4.78 is 0. The van der Waals surface area contributed by atoms with Gasteiger partial charge < -0.3 is 0 Å². The molecule has 0 spiro atoms. The zero-order valence-corrected chi connectivity index (χ0v) is 18.5. The molecule has 7 heteroatoms. The van der Waals surface area contributed by atoms with E-state index in [-0.39, 0.29) is 34.1 Å². The fourth-order valence-corrected chi connectivity index (χ4v) is 6.77. The average Bonchev–Trinajstić information content (AvgIpc) is 3.10. The molecule has 0 N–H and O–H groups in total. The number of anilines is 1. The van der Waals surface area contributed by atoms with Crippen molar-refractivity contribution in [3.63, 3.8) is 0 Å². The molecule has 4 aliphatic rings. The van der Waals surface area contributed by atoms with Gasteiger partial charge in [-0.05, 0) is 40.8 Å². The van der Waals surface area contributed by atoms with Gasteiger partial charge in [0.1, 0.15) is 5.69 Å². The maximum absolute atomic E-state index is 14.0. The number of halogens is 1. The number of imide groups is 1. The number of amides is 2. The Morgan fingerprint density at radius 2 is 1.58 bits per heavy atom. The first-order chi connectivity index (χ1) is 15.9. The number of hydrogen-bond acceptors (Lipinski definition) is 4. The summed E-state index contributed by atoms with van der Waals surface area (Å²) in [4.78, 5) is 40.2. The molecule has 0 unspecified atom stereocenters. The number of nitrogens with zero attached hydrogens (tertiary/aromatic N) is 2. The van der Waals surface area contributed by atoms with Crippen LogP contribution in [0.4, 0.5) is 11.4 Å². The van der Waals surface area contributed by atoms with Crippen molar-refractivity contribution in [2.45, 2.75) is 24.7 Å². The predicted octanol–water partition coefficient (Wildman–Crippen LogP) is 5.21. The molecule has 164 valence electrons. The zero-order valence-electron chi connectivity index (χ0n) is 17.7. The van der Waals surface area contributed by atoms with E-state index in [4.69, 9.17) is 11.6 Å². The van der Waals surface area contributed by atoms with Crippen molar-refractivity contribution in [1.82, 2.24) is 0 Å². The Morgan fingerprint density at radius 3 is 2.15 bits per heavy atom. The zero-order chi connectivity index (χ0) is 23.1. The van der Waals surface area contributed by atoms with Crippen molar-refractivity contribution in [2.24, 2.45) is 11.8 Å². The lowest BCUT2D eigenvalue weighted by molar-refractivity contribution is -0.384. The molecule has 0 aromatic heterocycles. The first-order valence-corrected chi connectivity index (χ1v) is 11.3. The molecule has 6 nitrogen and oxygen atoms in total. The van der Waals surface area contributed by atoms with E-state index >= 15 is 0 Å². The van der Waals surface area contributed by atoms with Crippen molar-refractivity contribution in [1.29, 1.82) is 0 Å². The van der Waals surface area contributed by atoms with Crippen LogP contribution in [-0.2, 0) is 15.0 Å². The number of benzene rings is 3. The van der Waals surface area contributed by atoms with Gasteiger partial charge in [0.25, 0.3) is 5.69 Å². The van der Waals surface area contributed by atoms with E-state index < -0.39 is 22.2 Å². The third kappa shape index (κ3) is 2.34. The number of rotatable bonds is 3. The number of carbonyl (C=O) groups is 2. The molecule has 7 rings (SSSR count). The summed E-state index contributed by atoms with van der Waals surface area (Å²) in [5.41, 5.74) is 3.23. The van der Waals surface area contributed by atoms with Crippen LogP contribution in [0.2, 0.25) is 5.02 Å². The van der Waals surface area contributed by atoms with Crippen LogP contribution in [0.5, 0.6) is 0 Å². The summed E-state index contributed by atoms with van der Waals surface area (Å²) >= 11 is 5.99. The highest BCUT2D eigenvalue weighted by atomic mass is 35.5. The van der Waals surface area contributed by atoms with Crippen molar-refractivity contribution in [3.8, 4) is 0 Å². The summed E-state index contributed by atoms with van der Waals surface area (Å²) in [5.74, 6) is -2.28. The third-order valence-electron chi connectivity index (χ3n) is 7.73. The number of carbonyl (C=O) groups excluding carboxylic acids is 2. The molecule has 3 aromatic rings. The predicted molar refractivity (Wildman–Crippen MR) is 123 cm³/mol. The molecule has 2 amide bonds. The standard InChI is InChI=1S/C26H19ClN2O4/c1-2-26-17-9-5-3-7-15(17)21(16-8-4-6-10-18(16)26)22-23(26)25(31)28(24(22)30)19-12-11-14(27)13-20(19)29(32)33/h3-13,21-23H,2H2,1H3/t21?,22-,23-,26?/m1/s1. The minimum Gasteiger partial charge on any atom is -0.274 e. The van der Waals surface area contributed by atoms with Crippen LogP contribution >= 0.6 is 11.6 Å². The maximum atomic E-state index is 14.0. The maximum Gasteiger partial charge on any atom is 0.294 e. The molecule has 3 aliphatic carbocycles. The molecule has 2 bridgehead atoms. The van der Waals surface area contributed by atoms with E-state index in [0.29, 0.717) is 6.42 Å². The molecular formula is C26H19ClN2O4. The molecule has 1 fully saturated rings.